The molecule has 1 amide bonds. The Morgan fingerprint density at radius 1 is 1.40 bits per heavy atom. The fraction of sp³-hybridized carbons (Fsp3) is 0.385. The van der Waals surface area contributed by atoms with Crippen molar-refractivity contribution < 1.29 is 14.5 Å². The first kappa shape index (κ1) is 14.1. The Balaban J connectivity index is 2.26. The van der Waals surface area contributed by atoms with Gasteiger partial charge in [0.1, 0.15) is 0 Å². The van der Waals surface area contributed by atoms with Gasteiger partial charge in [0, 0.05) is 30.4 Å². The number of nitro benzene ring substituents is 1. The number of nitrogens with one attached hydrogen (secondary N) is 1. The van der Waals surface area contributed by atoms with E-state index in [0.717, 1.165) is 31.6 Å². The van der Waals surface area contributed by atoms with Crippen LogP contribution in [0.25, 0.3) is 0 Å². The molecule has 1 aliphatic heterocycles. The van der Waals surface area contributed by atoms with E-state index in [1.54, 1.807) is 0 Å². The lowest BCUT2D eigenvalue weighted by Crippen LogP contribution is -2.28. The normalized spacial score (nSPS) is 14.8. The number of carbonyl (C=O) groups is 1. The van der Waals surface area contributed by atoms with Crippen molar-refractivity contribution in [1.82, 2.24) is 5.32 Å². The third-order valence-corrected chi connectivity index (χ3v) is 3.06. The van der Waals surface area contributed by atoms with E-state index in [1.165, 1.54) is 25.3 Å². The molecule has 106 valence electrons. The maximum Gasteiger partial charge on any atom is 0.311 e. The lowest BCUT2D eigenvalue weighted by Gasteiger charge is -2.13. The number of nitro groups is 1. The minimum absolute atomic E-state index is 0.126. The van der Waals surface area contributed by atoms with Crippen molar-refractivity contribution in [3.8, 4) is 5.75 Å². The van der Waals surface area contributed by atoms with Crippen molar-refractivity contribution in [2.24, 2.45) is 4.99 Å². The quantitative estimate of drug-likeness (QED) is 0.668. The second-order valence-corrected chi connectivity index (χ2v) is 4.38. The van der Waals surface area contributed by atoms with Crippen LogP contribution in [-0.2, 0) is 0 Å². The molecule has 0 aliphatic carbocycles. The van der Waals surface area contributed by atoms with Crippen molar-refractivity contribution in [3.63, 3.8) is 0 Å². The summed E-state index contributed by atoms with van der Waals surface area (Å²) in [7, 11) is 1.35. The van der Waals surface area contributed by atoms with Gasteiger partial charge in [-0.2, -0.15) is 0 Å². The number of hydrogen-bond acceptors (Lipinski definition) is 5. The minimum Gasteiger partial charge on any atom is -0.490 e. The molecule has 20 heavy (non-hydrogen) atoms. The van der Waals surface area contributed by atoms with Crippen LogP contribution in [0.2, 0.25) is 0 Å². The summed E-state index contributed by atoms with van der Waals surface area (Å²) in [6.45, 7) is 1.60. The molecule has 0 atom stereocenters. The Morgan fingerprint density at radius 2 is 2.10 bits per heavy atom. The Labute approximate surface area is 115 Å². The van der Waals surface area contributed by atoms with Gasteiger partial charge in [-0.15, -0.1) is 0 Å². The van der Waals surface area contributed by atoms with E-state index < -0.39 is 10.8 Å². The van der Waals surface area contributed by atoms with Crippen LogP contribution in [0, 0.1) is 10.1 Å². The molecular weight excluding hydrogens is 262 g/mol. The van der Waals surface area contributed by atoms with E-state index in [9.17, 15) is 14.9 Å². The van der Waals surface area contributed by atoms with Gasteiger partial charge in [-0.3, -0.25) is 14.9 Å². The number of aliphatic imine (C=N–C) groups is 1. The average Bonchev–Trinajstić information content (AvgIpc) is 2.47. The number of ether oxygens (including phenoxy) is 1. The molecule has 0 unspecified atom stereocenters. The molecule has 1 fully saturated rings. The van der Waals surface area contributed by atoms with Crippen molar-refractivity contribution in [3.05, 3.63) is 33.9 Å². The van der Waals surface area contributed by atoms with Gasteiger partial charge in [0.25, 0.3) is 5.91 Å². The molecule has 7 nitrogen and oxygen atoms in total. The van der Waals surface area contributed by atoms with Gasteiger partial charge < -0.3 is 10.1 Å². The van der Waals surface area contributed by atoms with Crippen molar-refractivity contribution in [2.75, 3.05) is 20.2 Å². The first-order valence-corrected chi connectivity index (χ1v) is 6.25. The molecule has 0 aromatic heterocycles. The molecule has 1 heterocycles. The monoisotopic (exact) mass is 277 g/mol. The van der Waals surface area contributed by atoms with Crippen LogP contribution < -0.4 is 10.1 Å². The first-order valence-electron chi connectivity index (χ1n) is 6.25. The van der Waals surface area contributed by atoms with Crippen LogP contribution in [0.3, 0.4) is 0 Å². The summed E-state index contributed by atoms with van der Waals surface area (Å²) in [6.07, 6.45) is 1.45. The van der Waals surface area contributed by atoms with Crippen LogP contribution in [0.1, 0.15) is 23.2 Å². The zero-order valence-electron chi connectivity index (χ0n) is 11.1. The number of carbonyl (C=O) groups excluding carboxylic acids is 1. The molecule has 1 N–H and O–H groups in total. The highest BCUT2D eigenvalue weighted by Crippen LogP contribution is 2.27. The van der Waals surface area contributed by atoms with Crippen LogP contribution in [0.4, 0.5) is 5.69 Å². The van der Waals surface area contributed by atoms with E-state index >= 15 is 0 Å². The predicted octanol–water partition coefficient (Wildman–Crippen LogP) is 1.57. The zero-order valence-corrected chi connectivity index (χ0v) is 11.1. The highest BCUT2D eigenvalue weighted by atomic mass is 16.6. The Bertz CT molecular complexity index is 561. The molecule has 7 heteroatoms. The van der Waals surface area contributed by atoms with Gasteiger partial charge >= 0.3 is 5.69 Å². The minimum atomic E-state index is -0.576. The lowest BCUT2D eigenvalue weighted by atomic mass is 10.1. The van der Waals surface area contributed by atoms with E-state index in [0.29, 0.717) is 0 Å². The van der Waals surface area contributed by atoms with Crippen molar-refractivity contribution in [1.29, 1.82) is 0 Å². The number of hydrogen-bond donors (Lipinski definition) is 1. The Kier molecular flexibility index (Phi) is 4.41. The van der Waals surface area contributed by atoms with E-state index in [1.807, 2.05) is 0 Å². The maximum absolute atomic E-state index is 12.0. The van der Waals surface area contributed by atoms with Gasteiger partial charge in [0.15, 0.2) is 5.75 Å². The summed E-state index contributed by atoms with van der Waals surface area (Å²) >= 11 is 0. The highest BCUT2D eigenvalue weighted by molar-refractivity contribution is 6.04. The van der Waals surface area contributed by atoms with Gasteiger partial charge in [0.2, 0.25) is 0 Å². The van der Waals surface area contributed by atoms with Gasteiger partial charge in [-0.25, -0.2) is 4.99 Å². The molecule has 2 rings (SSSR count). The van der Waals surface area contributed by atoms with Gasteiger partial charge in [-0.05, 0) is 25.0 Å². The van der Waals surface area contributed by atoms with Gasteiger partial charge in [0.05, 0.1) is 12.0 Å². The van der Waals surface area contributed by atoms with E-state index in [2.05, 4.69) is 10.3 Å². The van der Waals surface area contributed by atoms with Crippen molar-refractivity contribution >= 4 is 17.3 Å². The molecule has 1 aliphatic rings. The number of nitrogens with zero attached hydrogens (tertiary/aromatic N) is 2. The molecule has 1 aromatic rings. The third-order valence-electron chi connectivity index (χ3n) is 3.06. The second-order valence-electron chi connectivity index (χ2n) is 4.38. The summed E-state index contributed by atoms with van der Waals surface area (Å²) < 4.78 is 4.89. The lowest BCUT2D eigenvalue weighted by molar-refractivity contribution is -0.385. The van der Waals surface area contributed by atoms with Crippen LogP contribution in [-0.4, -0.2) is 36.7 Å². The summed E-state index contributed by atoms with van der Waals surface area (Å²) in [4.78, 5) is 26.4. The summed E-state index contributed by atoms with van der Waals surface area (Å²) in [5.74, 6) is -0.325. The number of amides is 1. The summed E-state index contributed by atoms with van der Waals surface area (Å²) in [5.41, 5.74) is 0.791. The zero-order chi connectivity index (χ0) is 14.5. The molecule has 0 radical (unpaired) electrons. The first-order chi connectivity index (χ1) is 9.61. The largest absolute Gasteiger partial charge is 0.490 e. The predicted molar refractivity (Wildman–Crippen MR) is 73.5 cm³/mol. The van der Waals surface area contributed by atoms with Crippen LogP contribution in [0.5, 0.6) is 5.75 Å². The SMILES string of the molecule is COc1ccc(C(=O)N=C2CCNCC2)cc1[N+](=O)[O-]. The number of methoxy groups -OCH3 is 1. The molecular formula is C13H15N3O4. The Morgan fingerprint density at radius 3 is 2.70 bits per heavy atom. The van der Waals surface area contributed by atoms with Crippen LogP contribution >= 0.6 is 0 Å². The second kappa shape index (κ2) is 6.25. The molecule has 1 saturated heterocycles. The van der Waals surface area contributed by atoms with Gasteiger partial charge in [-0.1, -0.05) is 0 Å². The molecule has 0 saturated carbocycles. The van der Waals surface area contributed by atoms with E-state index in [-0.39, 0.29) is 17.0 Å². The summed E-state index contributed by atoms with van der Waals surface area (Å²) in [6, 6.07) is 4.10. The number of benzene rings is 1. The molecule has 1 aromatic carbocycles. The number of piperidine rings is 1. The highest BCUT2D eigenvalue weighted by Gasteiger charge is 2.18. The fourth-order valence-electron chi connectivity index (χ4n) is 2.00. The van der Waals surface area contributed by atoms with E-state index in [4.69, 9.17) is 4.74 Å². The van der Waals surface area contributed by atoms with Crippen molar-refractivity contribution in [2.45, 2.75) is 12.8 Å². The molecule has 0 bridgehead atoms. The fourth-order valence-corrected chi connectivity index (χ4v) is 2.00. The average molecular weight is 277 g/mol. The third kappa shape index (κ3) is 3.18. The molecule has 0 spiro atoms. The maximum atomic E-state index is 12.0. The standard InChI is InChI=1S/C13H15N3O4/c1-20-12-3-2-9(8-11(12)16(18)19)13(17)15-10-4-6-14-7-5-10/h2-3,8,14H,4-7H2,1H3. The number of rotatable bonds is 3. The Hall–Kier alpha value is -2.28. The summed E-state index contributed by atoms with van der Waals surface area (Å²) in [5, 5.41) is 14.1. The topological polar surface area (TPSA) is 93.8 Å². The van der Waals surface area contributed by atoms with Crippen LogP contribution in [0.15, 0.2) is 23.2 Å². The smallest absolute Gasteiger partial charge is 0.311 e.